The summed E-state index contributed by atoms with van der Waals surface area (Å²) in [4.78, 5) is 6.87. The van der Waals surface area contributed by atoms with Crippen LogP contribution in [0.4, 0.5) is 0 Å². The van der Waals surface area contributed by atoms with Gasteiger partial charge in [0.1, 0.15) is 5.82 Å². The lowest BCUT2D eigenvalue weighted by Crippen LogP contribution is -2.22. The standard InChI is InChI=1S/C14H14ClN3S2/c1-18-7-6-16-13(18)9-17-14(10-3-2-8-19-10)11-4-5-12(15)20-11/h2-8,14,17H,9H2,1H3. The predicted molar refractivity (Wildman–Crippen MR) is 85.5 cm³/mol. The molecule has 1 unspecified atom stereocenters. The number of halogens is 1. The van der Waals surface area contributed by atoms with Crippen molar-refractivity contribution in [2.45, 2.75) is 12.6 Å². The van der Waals surface area contributed by atoms with E-state index in [4.69, 9.17) is 11.6 Å². The fourth-order valence-corrected chi connectivity index (χ4v) is 4.09. The van der Waals surface area contributed by atoms with Gasteiger partial charge in [-0.25, -0.2) is 4.98 Å². The van der Waals surface area contributed by atoms with Crippen LogP contribution in [0.5, 0.6) is 0 Å². The second-order valence-electron chi connectivity index (χ2n) is 4.43. The third-order valence-electron chi connectivity index (χ3n) is 3.09. The highest BCUT2D eigenvalue weighted by Crippen LogP contribution is 2.33. The molecule has 0 aliphatic rings. The molecule has 3 rings (SSSR count). The van der Waals surface area contributed by atoms with Gasteiger partial charge in [0.2, 0.25) is 0 Å². The Morgan fingerprint density at radius 2 is 2.25 bits per heavy atom. The number of nitrogens with zero attached hydrogens (tertiary/aromatic N) is 2. The summed E-state index contributed by atoms with van der Waals surface area (Å²) in [6, 6.07) is 8.43. The molecule has 0 fully saturated rings. The van der Waals surface area contributed by atoms with Crippen LogP contribution in [0.2, 0.25) is 4.34 Å². The van der Waals surface area contributed by atoms with Gasteiger partial charge >= 0.3 is 0 Å². The first kappa shape index (κ1) is 13.8. The van der Waals surface area contributed by atoms with Crippen molar-refractivity contribution in [1.82, 2.24) is 14.9 Å². The van der Waals surface area contributed by atoms with E-state index in [1.807, 2.05) is 30.1 Å². The molecule has 0 spiro atoms. The van der Waals surface area contributed by atoms with Crippen LogP contribution in [0.3, 0.4) is 0 Å². The van der Waals surface area contributed by atoms with Crippen molar-refractivity contribution in [3.05, 3.63) is 62.0 Å². The van der Waals surface area contributed by atoms with E-state index in [2.05, 4.69) is 33.9 Å². The number of aryl methyl sites for hydroxylation is 1. The van der Waals surface area contributed by atoms with Crippen molar-refractivity contribution in [3.63, 3.8) is 0 Å². The molecule has 6 heteroatoms. The van der Waals surface area contributed by atoms with E-state index in [-0.39, 0.29) is 6.04 Å². The summed E-state index contributed by atoms with van der Waals surface area (Å²) in [5.41, 5.74) is 0. The molecular weight excluding hydrogens is 310 g/mol. The van der Waals surface area contributed by atoms with E-state index >= 15 is 0 Å². The van der Waals surface area contributed by atoms with Crippen molar-refractivity contribution in [2.24, 2.45) is 7.05 Å². The van der Waals surface area contributed by atoms with Crippen LogP contribution in [-0.4, -0.2) is 9.55 Å². The van der Waals surface area contributed by atoms with Crippen molar-refractivity contribution in [3.8, 4) is 0 Å². The summed E-state index contributed by atoms with van der Waals surface area (Å²) in [6.45, 7) is 0.724. The summed E-state index contributed by atoms with van der Waals surface area (Å²) < 4.78 is 2.85. The van der Waals surface area contributed by atoms with Gasteiger partial charge in [-0.2, -0.15) is 0 Å². The van der Waals surface area contributed by atoms with E-state index in [0.29, 0.717) is 0 Å². The average Bonchev–Trinajstić information content (AvgIpc) is 3.14. The van der Waals surface area contributed by atoms with E-state index in [9.17, 15) is 0 Å². The van der Waals surface area contributed by atoms with Crippen LogP contribution < -0.4 is 5.32 Å². The number of imidazole rings is 1. The predicted octanol–water partition coefficient (Wildman–Crippen LogP) is 4.08. The molecule has 1 N–H and O–H groups in total. The molecule has 0 bridgehead atoms. The maximum atomic E-state index is 6.07. The first-order chi connectivity index (χ1) is 9.74. The van der Waals surface area contributed by atoms with Crippen LogP contribution in [0.25, 0.3) is 0 Å². The monoisotopic (exact) mass is 323 g/mol. The van der Waals surface area contributed by atoms with E-state index in [1.54, 1.807) is 22.7 Å². The average molecular weight is 324 g/mol. The normalized spacial score (nSPS) is 12.7. The molecule has 1 atom stereocenters. The van der Waals surface area contributed by atoms with Gasteiger partial charge in [-0.15, -0.1) is 22.7 Å². The maximum absolute atomic E-state index is 6.07. The second-order valence-corrected chi connectivity index (χ2v) is 7.15. The summed E-state index contributed by atoms with van der Waals surface area (Å²) >= 11 is 9.44. The molecule has 0 saturated heterocycles. The second kappa shape index (κ2) is 6.10. The Morgan fingerprint density at radius 1 is 1.35 bits per heavy atom. The molecule has 3 heterocycles. The van der Waals surface area contributed by atoms with Gasteiger partial charge in [-0.05, 0) is 23.6 Å². The van der Waals surface area contributed by atoms with Gasteiger partial charge in [0.15, 0.2) is 0 Å². The zero-order chi connectivity index (χ0) is 13.9. The fraction of sp³-hybridized carbons (Fsp3) is 0.214. The molecular formula is C14H14ClN3S2. The van der Waals surface area contributed by atoms with Gasteiger partial charge in [0.25, 0.3) is 0 Å². The molecule has 0 amide bonds. The van der Waals surface area contributed by atoms with Crippen molar-refractivity contribution < 1.29 is 0 Å². The lowest BCUT2D eigenvalue weighted by atomic mass is 10.2. The molecule has 0 aliphatic heterocycles. The van der Waals surface area contributed by atoms with Crippen LogP contribution in [0.15, 0.2) is 42.0 Å². The topological polar surface area (TPSA) is 29.9 Å². The van der Waals surface area contributed by atoms with Crippen LogP contribution >= 0.6 is 34.3 Å². The van der Waals surface area contributed by atoms with Crippen LogP contribution in [0.1, 0.15) is 21.6 Å². The molecule has 0 radical (unpaired) electrons. The molecule has 3 aromatic rings. The summed E-state index contributed by atoms with van der Waals surface area (Å²) in [7, 11) is 2.01. The number of hydrogen-bond donors (Lipinski definition) is 1. The number of hydrogen-bond acceptors (Lipinski definition) is 4. The Labute approximate surface area is 130 Å². The fourth-order valence-electron chi connectivity index (χ4n) is 2.04. The lowest BCUT2D eigenvalue weighted by molar-refractivity contribution is 0.586. The Kier molecular flexibility index (Phi) is 4.21. The van der Waals surface area contributed by atoms with Gasteiger partial charge in [0, 0.05) is 29.2 Å². The Morgan fingerprint density at radius 3 is 2.85 bits per heavy atom. The van der Waals surface area contributed by atoms with Gasteiger partial charge in [-0.1, -0.05) is 17.7 Å². The largest absolute Gasteiger partial charge is 0.337 e. The first-order valence-corrected chi connectivity index (χ1v) is 8.29. The minimum atomic E-state index is 0.171. The third-order valence-corrected chi connectivity index (χ3v) is 5.32. The lowest BCUT2D eigenvalue weighted by Gasteiger charge is -2.16. The van der Waals surface area contributed by atoms with Crippen molar-refractivity contribution in [2.75, 3.05) is 0 Å². The minimum Gasteiger partial charge on any atom is -0.337 e. The summed E-state index contributed by atoms with van der Waals surface area (Å²) in [5, 5.41) is 5.67. The highest BCUT2D eigenvalue weighted by atomic mass is 35.5. The first-order valence-electron chi connectivity index (χ1n) is 6.22. The maximum Gasteiger partial charge on any atom is 0.122 e. The Bertz CT molecular complexity index is 672. The van der Waals surface area contributed by atoms with Crippen LogP contribution in [-0.2, 0) is 13.6 Å². The van der Waals surface area contributed by atoms with Gasteiger partial charge in [-0.3, -0.25) is 5.32 Å². The number of rotatable bonds is 5. The minimum absolute atomic E-state index is 0.171. The Hall–Kier alpha value is -1.14. The molecule has 3 nitrogen and oxygen atoms in total. The smallest absolute Gasteiger partial charge is 0.122 e. The summed E-state index contributed by atoms with van der Waals surface area (Å²) in [6.07, 6.45) is 3.78. The van der Waals surface area contributed by atoms with Crippen LogP contribution in [0, 0.1) is 0 Å². The van der Waals surface area contributed by atoms with Gasteiger partial charge in [0.05, 0.1) is 16.9 Å². The highest BCUT2D eigenvalue weighted by molar-refractivity contribution is 7.16. The van der Waals surface area contributed by atoms with Crippen molar-refractivity contribution in [1.29, 1.82) is 0 Å². The van der Waals surface area contributed by atoms with Gasteiger partial charge < -0.3 is 4.57 Å². The van der Waals surface area contributed by atoms with E-state index in [1.165, 1.54) is 9.75 Å². The summed E-state index contributed by atoms with van der Waals surface area (Å²) in [5.74, 6) is 1.02. The molecule has 3 aromatic heterocycles. The number of aromatic nitrogens is 2. The molecule has 0 saturated carbocycles. The quantitative estimate of drug-likeness (QED) is 0.767. The zero-order valence-corrected chi connectivity index (χ0v) is 13.3. The Balaban J connectivity index is 1.81. The van der Waals surface area contributed by atoms with E-state index < -0.39 is 0 Å². The zero-order valence-electron chi connectivity index (χ0n) is 10.9. The molecule has 0 aromatic carbocycles. The highest BCUT2D eigenvalue weighted by Gasteiger charge is 2.17. The van der Waals surface area contributed by atoms with Crippen molar-refractivity contribution >= 4 is 34.3 Å². The molecule has 104 valence electrons. The third kappa shape index (κ3) is 2.96. The number of thiophene rings is 2. The van der Waals surface area contributed by atoms with E-state index in [0.717, 1.165) is 16.7 Å². The SMILES string of the molecule is Cn1ccnc1CNC(c1cccs1)c1ccc(Cl)s1. The molecule has 20 heavy (non-hydrogen) atoms. The number of nitrogens with one attached hydrogen (secondary N) is 1. The molecule has 0 aliphatic carbocycles.